The molecule has 0 radical (unpaired) electrons. The molecule has 1 aromatic carbocycles. The third-order valence-electron chi connectivity index (χ3n) is 4.52. The second-order valence-corrected chi connectivity index (χ2v) is 6.68. The minimum atomic E-state index is -0.0978. The van der Waals surface area contributed by atoms with Crippen molar-refractivity contribution in [3.8, 4) is 11.3 Å². The van der Waals surface area contributed by atoms with Gasteiger partial charge in [0.1, 0.15) is 18.0 Å². The number of pyridine rings is 1. The van der Waals surface area contributed by atoms with Crippen LogP contribution in [0.25, 0.3) is 11.3 Å². The number of rotatable bonds is 5. The molecule has 0 aliphatic carbocycles. The summed E-state index contributed by atoms with van der Waals surface area (Å²) in [5.41, 5.74) is 3.33. The van der Waals surface area contributed by atoms with Gasteiger partial charge < -0.3 is 20.3 Å². The highest BCUT2D eigenvalue weighted by atomic mass is 16.5. The zero-order valence-electron chi connectivity index (χ0n) is 16.1. The average Bonchev–Trinajstić information content (AvgIpc) is 2.76. The zero-order valence-corrected chi connectivity index (χ0v) is 16.1. The van der Waals surface area contributed by atoms with E-state index >= 15 is 0 Å². The van der Waals surface area contributed by atoms with Crippen LogP contribution < -0.4 is 15.5 Å². The molecule has 148 valence electrons. The number of anilines is 4. The predicted octanol–water partition coefficient (Wildman–Crippen LogP) is 3.08. The lowest BCUT2D eigenvalue weighted by Crippen LogP contribution is -2.36. The van der Waals surface area contributed by atoms with Gasteiger partial charge in [0.25, 0.3) is 0 Å². The summed E-state index contributed by atoms with van der Waals surface area (Å²) in [6, 6.07) is 13.3. The first kappa shape index (κ1) is 18.8. The van der Waals surface area contributed by atoms with Gasteiger partial charge in [-0.3, -0.25) is 4.79 Å². The Balaban J connectivity index is 1.46. The lowest BCUT2D eigenvalue weighted by molar-refractivity contribution is -0.114. The van der Waals surface area contributed by atoms with Gasteiger partial charge >= 0.3 is 0 Å². The van der Waals surface area contributed by atoms with Crippen molar-refractivity contribution in [2.45, 2.75) is 6.92 Å². The molecule has 0 saturated carbocycles. The van der Waals surface area contributed by atoms with Crippen molar-refractivity contribution in [3.63, 3.8) is 0 Å². The molecule has 8 heteroatoms. The molecule has 0 atom stereocenters. The van der Waals surface area contributed by atoms with Crippen molar-refractivity contribution in [3.05, 3.63) is 55.0 Å². The summed E-state index contributed by atoms with van der Waals surface area (Å²) >= 11 is 0. The number of amides is 1. The summed E-state index contributed by atoms with van der Waals surface area (Å²) in [6.45, 7) is 4.66. The van der Waals surface area contributed by atoms with E-state index in [0.29, 0.717) is 5.82 Å². The number of hydrogen-bond acceptors (Lipinski definition) is 7. The van der Waals surface area contributed by atoms with Crippen LogP contribution in [0.4, 0.5) is 23.0 Å². The van der Waals surface area contributed by atoms with Crippen LogP contribution in [-0.4, -0.2) is 47.2 Å². The molecule has 0 spiro atoms. The molecule has 29 heavy (non-hydrogen) atoms. The monoisotopic (exact) mass is 390 g/mol. The van der Waals surface area contributed by atoms with Gasteiger partial charge in [-0.05, 0) is 36.4 Å². The highest BCUT2D eigenvalue weighted by Crippen LogP contribution is 2.23. The Labute approximate surface area is 169 Å². The van der Waals surface area contributed by atoms with Crippen LogP contribution in [0.2, 0.25) is 0 Å². The van der Waals surface area contributed by atoms with Gasteiger partial charge in [0.05, 0.1) is 18.9 Å². The molecule has 1 amide bonds. The summed E-state index contributed by atoms with van der Waals surface area (Å²) in [5, 5.41) is 6.00. The maximum absolute atomic E-state index is 11.1. The molecular formula is C21H22N6O2. The lowest BCUT2D eigenvalue weighted by Gasteiger charge is -2.27. The average molecular weight is 390 g/mol. The van der Waals surface area contributed by atoms with Gasteiger partial charge in [-0.2, -0.15) is 0 Å². The Morgan fingerprint density at radius 2 is 1.76 bits per heavy atom. The van der Waals surface area contributed by atoms with E-state index in [4.69, 9.17) is 4.74 Å². The highest BCUT2D eigenvalue weighted by molar-refractivity contribution is 5.88. The van der Waals surface area contributed by atoms with Gasteiger partial charge in [-0.25, -0.2) is 15.0 Å². The number of ether oxygens (including phenoxy) is 1. The Morgan fingerprint density at radius 1 is 1.00 bits per heavy atom. The molecule has 0 bridgehead atoms. The van der Waals surface area contributed by atoms with E-state index in [1.807, 2.05) is 48.7 Å². The van der Waals surface area contributed by atoms with E-state index < -0.39 is 0 Å². The molecule has 0 unspecified atom stereocenters. The van der Waals surface area contributed by atoms with Gasteiger partial charge in [0, 0.05) is 49.2 Å². The molecule has 4 rings (SSSR count). The summed E-state index contributed by atoms with van der Waals surface area (Å²) < 4.78 is 5.39. The minimum absolute atomic E-state index is 0.0978. The van der Waals surface area contributed by atoms with E-state index in [1.54, 1.807) is 0 Å². The van der Waals surface area contributed by atoms with Crippen LogP contribution in [0, 0.1) is 0 Å². The summed E-state index contributed by atoms with van der Waals surface area (Å²) in [7, 11) is 0. The third kappa shape index (κ3) is 4.85. The Kier molecular flexibility index (Phi) is 5.62. The molecule has 1 fully saturated rings. The lowest BCUT2D eigenvalue weighted by atomic mass is 10.2. The fraction of sp³-hybridized carbons (Fsp3) is 0.238. The Bertz CT molecular complexity index is 969. The van der Waals surface area contributed by atoms with E-state index in [0.717, 1.165) is 54.8 Å². The van der Waals surface area contributed by atoms with Gasteiger partial charge in [0.15, 0.2) is 0 Å². The van der Waals surface area contributed by atoms with Crippen molar-refractivity contribution in [1.82, 2.24) is 15.0 Å². The highest BCUT2D eigenvalue weighted by Gasteiger charge is 2.12. The van der Waals surface area contributed by atoms with Crippen LogP contribution in [0.1, 0.15) is 6.92 Å². The summed E-state index contributed by atoms with van der Waals surface area (Å²) in [5.74, 6) is 1.53. The van der Waals surface area contributed by atoms with Crippen molar-refractivity contribution >= 4 is 28.9 Å². The fourth-order valence-electron chi connectivity index (χ4n) is 3.09. The Morgan fingerprint density at radius 3 is 2.45 bits per heavy atom. The van der Waals surface area contributed by atoms with E-state index in [-0.39, 0.29) is 5.91 Å². The Hall–Kier alpha value is -3.52. The van der Waals surface area contributed by atoms with E-state index in [9.17, 15) is 4.79 Å². The largest absolute Gasteiger partial charge is 0.378 e. The van der Waals surface area contributed by atoms with E-state index in [2.05, 4.69) is 30.5 Å². The van der Waals surface area contributed by atoms with Crippen molar-refractivity contribution in [2.75, 3.05) is 41.8 Å². The molecule has 3 heterocycles. The molecule has 2 aromatic heterocycles. The second kappa shape index (κ2) is 8.66. The first-order valence-electron chi connectivity index (χ1n) is 9.43. The van der Waals surface area contributed by atoms with Gasteiger partial charge in [-0.1, -0.05) is 0 Å². The van der Waals surface area contributed by atoms with Crippen molar-refractivity contribution in [2.24, 2.45) is 0 Å². The number of carbonyl (C=O) groups excluding carboxylic acids is 1. The van der Waals surface area contributed by atoms with Crippen LogP contribution in [0.3, 0.4) is 0 Å². The molecule has 1 aliphatic heterocycles. The molecule has 1 aliphatic rings. The standard InChI is InChI=1S/C21H22N6O2/c1-15(28)25-17-3-5-18(6-4-17)26-20-12-19(23-14-24-20)16-2-7-21(22-13-16)27-8-10-29-11-9-27/h2-7,12-14H,8-11H2,1H3,(H,25,28)(H,23,24,26). The minimum Gasteiger partial charge on any atom is -0.378 e. The smallest absolute Gasteiger partial charge is 0.221 e. The maximum atomic E-state index is 11.1. The number of nitrogens with one attached hydrogen (secondary N) is 2. The first-order chi connectivity index (χ1) is 14.2. The number of benzene rings is 1. The molecule has 2 N–H and O–H groups in total. The topological polar surface area (TPSA) is 92.3 Å². The normalized spacial score (nSPS) is 13.8. The molecule has 1 saturated heterocycles. The van der Waals surface area contributed by atoms with Crippen molar-refractivity contribution < 1.29 is 9.53 Å². The zero-order chi connectivity index (χ0) is 20.1. The second-order valence-electron chi connectivity index (χ2n) is 6.68. The quantitative estimate of drug-likeness (QED) is 0.692. The molecule has 8 nitrogen and oxygen atoms in total. The summed E-state index contributed by atoms with van der Waals surface area (Å²) in [6.07, 6.45) is 3.36. The SMILES string of the molecule is CC(=O)Nc1ccc(Nc2cc(-c3ccc(N4CCOCC4)nc3)ncn2)cc1. The maximum Gasteiger partial charge on any atom is 0.221 e. The number of morpholine rings is 1. The van der Waals surface area contributed by atoms with Crippen LogP contribution >= 0.6 is 0 Å². The van der Waals surface area contributed by atoms with Crippen LogP contribution in [0.15, 0.2) is 55.0 Å². The van der Waals surface area contributed by atoms with Gasteiger partial charge in [0.2, 0.25) is 5.91 Å². The van der Waals surface area contributed by atoms with Crippen LogP contribution in [-0.2, 0) is 9.53 Å². The number of nitrogens with zero attached hydrogens (tertiary/aromatic N) is 4. The number of carbonyl (C=O) groups is 1. The predicted molar refractivity (Wildman–Crippen MR) is 112 cm³/mol. The van der Waals surface area contributed by atoms with Crippen molar-refractivity contribution in [1.29, 1.82) is 0 Å². The third-order valence-corrected chi connectivity index (χ3v) is 4.52. The fourth-order valence-corrected chi connectivity index (χ4v) is 3.09. The number of hydrogen-bond donors (Lipinski definition) is 2. The molecular weight excluding hydrogens is 368 g/mol. The molecule has 3 aromatic rings. The van der Waals surface area contributed by atoms with Crippen LogP contribution in [0.5, 0.6) is 0 Å². The number of aromatic nitrogens is 3. The van der Waals surface area contributed by atoms with Gasteiger partial charge in [-0.15, -0.1) is 0 Å². The summed E-state index contributed by atoms with van der Waals surface area (Å²) in [4.78, 5) is 26.6. The first-order valence-corrected chi connectivity index (χ1v) is 9.43. The van der Waals surface area contributed by atoms with E-state index in [1.165, 1.54) is 13.3 Å².